The quantitative estimate of drug-likeness (QED) is 0.753. The minimum absolute atomic E-state index is 0.00658. The van der Waals surface area contributed by atoms with Gasteiger partial charge in [-0.15, -0.1) is 0 Å². The van der Waals surface area contributed by atoms with Crippen LogP contribution < -0.4 is 5.73 Å². The molecule has 0 aromatic carbocycles. The van der Waals surface area contributed by atoms with Crippen molar-refractivity contribution in [2.45, 2.75) is 60.4 Å². The SMILES string of the molecule is CC(C)(C)CCN(Cl)C(C)(C)C(C)(C)CN. The molecule has 0 spiro atoms. The van der Waals surface area contributed by atoms with E-state index >= 15 is 0 Å². The first-order valence-electron chi connectivity index (χ1n) is 6.07. The van der Waals surface area contributed by atoms with Crippen molar-refractivity contribution in [2.75, 3.05) is 13.1 Å². The molecular formula is C13H29ClN2. The number of nitrogens with zero attached hydrogens (tertiary/aromatic N) is 1. The van der Waals surface area contributed by atoms with Gasteiger partial charge in [0.2, 0.25) is 0 Å². The predicted molar refractivity (Wildman–Crippen MR) is 73.5 cm³/mol. The van der Waals surface area contributed by atoms with E-state index in [1.54, 1.807) is 0 Å². The zero-order chi connectivity index (χ0) is 13.2. The van der Waals surface area contributed by atoms with E-state index in [1.165, 1.54) is 0 Å². The Labute approximate surface area is 107 Å². The lowest BCUT2D eigenvalue weighted by atomic mass is 9.74. The van der Waals surface area contributed by atoms with E-state index in [0.29, 0.717) is 12.0 Å². The van der Waals surface area contributed by atoms with Crippen LogP contribution in [0.3, 0.4) is 0 Å². The van der Waals surface area contributed by atoms with Crippen LogP contribution in [0.5, 0.6) is 0 Å². The molecule has 0 aliphatic carbocycles. The molecule has 0 aliphatic rings. The van der Waals surface area contributed by atoms with Crippen molar-refractivity contribution in [3.63, 3.8) is 0 Å². The van der Waals surface area contributed by atoms with Gasteiger partial charge in [-0.05, 0) is 49.4 Å². The van der Waals surface area contributed by atoms with Gasteiger partial charge in [0.25, 0.3) is 0 Å². The minimum Gasteiger partial charge on any atom is -0.330 e. The van der Waals surface area contributed by atoms with Crippen molar-refractivity contribution in [2.24, 2.45) is 16.6 Å². The van der Waals surface area contributed by atoms with Crippen LogP contribution in [0.4, 0.5) is 0 Å². The molecule has 3 heteroatoms. The molecule has 0 amide bonds. The second-order valence-corrected chi connectivity index (χ2v) is 7.45. The molecule has 0 saturated heterocycles. The van der Waals surface area contributed by atoms with Crippen LogP contribution in [0.25, 0.3) is 0 Å². The Bertz CT molecular complexity index is 216. The molecule has 0 radical (unpaired) electrons. The molecule has 2 N–H and O–H groups in total. The van der Waals surface area contributed by atoms with Crippen molar-refractivity contribution in [3.8, 4) is 0 Å². The first kappa shape index (κ1) is 16.2. The van der Waals surface area contributed by atoms with Crippen LogP contribution in [0.2, 0.25) is 0 Å². The van der Waals surface area contributed by atoms with Gasteiger partial charge in [0.05, 0.1) is 0 Å². The van der Waals surface area contributed by atoms with E-state index in [4.69, 9.17) is 17.5 Å². The Morgan fingerprint density at radius 1 is 1.00 bits per heavy atom. The molecule has 0 heterocycles. The van der Waals surface area contributed by atoms with Gasteiger partial charge in [0.15, 0.2) is 0 Å². The molecular weight excluding hydrogens is 220 g/mol. The summed E-state index contributed by atoms with van der Waals surface area (Å²) < 4.78 is 1.92. The lowest BCUT2D eigenvalue weighted by Gasteiger charge is -2.46. The Hall–Kier alpha value is 0.210. The van der Waals surface area contributed by atoms with Crippen LogP contribution in [0.1, 0.15) is 54.9 Å². The Morgan fingerprint density at radius 3 is 1.75 bits per heavy atom. The van der Waals surface area contributed by atoms with Gasteiger partial charge < -0.3 is 5.73 Å². The Morgan fingerprint density at radius 2 is 1.44 bits per heavy atom. The van der Waals surface area contributed by atoms with Crippen LogP contribution in [-0.2, 0) is 0 Å². The molecule has 16 heavy (non-hydrogen) atoms. The number of rotatable bonds is 5. The summed E-state index contributed by atoms with van der Waals surface area (Å²) in [7, 11) is 0. The number of nitrogens with two attached hydrogens (primary N) is 1. The van der Waals surface area contributed by atoms with Gasteiger partial charge in [-0.2, -0.15) is 0 Å². The van der Waals surface area contributed by atoms with Crippen molar-refractivity contribution in [1.29, 1.82) is 0 Å². The summed E-state index contributed by atoms with van der Waals surface area (Å²) in [6.07, 6.45) is 1.08. The summed E-state index contributed by atoms with van der Waals surface area (Å²) in [5.41, 5.74) is 6.05. The molecule has 0 atom stereocenters. The fourth-order valence-electron chi connectivity index (χ4n) is 1.29. The molecule has 0 aromatic rings. The predicted octanol–water partition coefficient (Wildman–Crippen LogP) is 3.64. The van der Waals surface area contributed by atoms with Crippen LogP contribution in [-0.4, -0.2) is 23.0 Å². The fourth-order valence-corrected chi connectivity index (χ4v) is 1.60. The molecule has 0 aromatic heterocycles. The van der Waals surface area contributed by atoms with E-state index in [1.807, 2.05) is 4.42 Å². The van der Waals surface area contributed by atoms with Crippen LogP contribution in [0.15, 0.2) is 0 Å². The summed E-state index contributed by atoms with van der Waals surface area (Å²) >= 11 is 6.42. The van der Waals surface area contributed by atoms with E-state index < -0.39 is 0 Å². The lowest BCUT2D eigenvalue weighted by Crippen LogP contribution is -2.53. The second-order valence-electron chi connectivity index (χ2n) is 7.04. The summed E-state index contributed by atoms with van der Waals surface area (Å²) in [4.78, 5) is 0. The summed E-state index contributed by atoms with van der Waals surface area (Å²) in [5.74, 6) is 0. The highest BCUT2D eigenvalue weighted by molar-refractivity contribution is 6.13. The van der Waals surface area contributed by atoms with E-state index in [2.05, 4.69) is 48.5 Å². The van der Waals surface area contributed by atoms with Gasteiger partial charge in [-0.3, -0.25) is 0 Å². The van der Waals surface area contributed by atoms with E-state index in [0.717, 1.165) is 13.0 Å². The molecule has 0 unspecified atom stereocenters. The standard InChI is InChI=1S/C13H29ClN2/c1-11(2,3)8-9-16(14)13(6,7)12(4,5)10-15/h8-10,15H2,1-7H3. The largest absolute Gasteiger partial charge is 0.330 e. The third kappa shape index (κ3) is 4.23. The first-order chi connectivity index (χ1) is 6.94. The fraction of sp³-hybridized carbons (Fsp3) is 1.00. The zero-order valence-corrected chi connectivity index (χ0v) is 12.8. The van der Waals surface area contributed by atoms with Gasteiger partial charge >= 0.3 is 0 Å². The maximum atomic E-state index is 6.42. The normalized spacial score (nSPS) is 14.6. The van der Waals surface area contributed by atoms with Crippen molar-refractivity contribution in [3.05, 3.63) is 0 Å². The highest BCUT2D eigenvalue weighted by Gasteiger charge is 2.40. The third-order valence-corrected chi connectivity index (χ3v) is 4.42. The zero-order valence-electron chi connectivity index (χ0n) is 12.0. The van der Waals surface area contributed by atoms with Gasteiger partial charge in [0, 0.05) is 12.1 Å². The van der Waals surface area contributed by atoms with Crippen LogP contribution in [0, 0.1) is 10.8 Å². The summed E-state index contributed by atoms with van der Waals surface area (Å²) in [6.45, 7) is 16.9. The maximum Gasteiger partial charge on any atom is 0.0369 e. The van der Waals surface area contributed by atoms with Crippen LogP contribution >= 0.6 is 11.8 Å². The number of hydrogen-bond donors (Lipinski definition) is 1. The third-order valence-electron chi connectivity index (χ3n) is 3.83. The molecule has 2 nitrogen and oxygen atoms in total. The van der Waals surface area contributed by atoms with Gasteiger partial charge in [-0.1, -0.05) is 34.6 Å². The Balaban J connectivity index is 4.53. The summed E-state index contributed by atoms with van der Waals surface area (Å²) in [6, 6.07) is 0. The molecule has 0 rings (SSSR count). The van der Waals surface area contributed by atoms with Crippen molar-refractivity contribution < 1.29 is 0 Å². The van der Waals surface area contributed by atoms with E-state index in [9.17, 15) is 0 Å². The Kier molecular flexibility index (Phi) is 5.31. The lowest BCUT2D eigenvalue weighted by molar-refractivity contribution is 0.0761. The first-order valence-corrected chi connectivity index (χ1v) is 6.41. The van der Waals surface area contributed by atoms with Gasteiger partial charge in [0.1, 0.15) is 0 Å². The average Bonchev–Trinajstić information content (AvgIpc) is 2.12. The number of hydrogen-bond acceptors (Lipinski definition) is 2. The minimum atomic E-state index is -0.103. The molecule has 0 fully saturated rings. The average molecular weight is 249 g/mol. The van der Waals surface area contributed by atoms with Crippen molar-refractivity contribution in [1.82, 2.24) is 4.42 Å². The van der Waals surface area contributed by atoms with Gasteiger partial charge in [-0.25, -0.2) is 4.42 Å². The monoisotopic (exact) mass is 248 g/mol. The highest BCUT2D eigenvalue weighted by atomic mass is 35.5. The smallest absolute Gasteiger partial charge is 0.0369 e. The topological polar surface area (TPSA) is 29.3 Å². The molecule has 0 saturated carbocycles. The number of halogens is 1. The molecule has 98 valence electrons. The molecule has 0 bridgehead atoms. The van der Waals surface area contributed by atoms with Crippen molar-refractivity contribution >= 4 is 11.8 Å². The molecule has 0 aliphatic heterocycles. The highest BCUT2D eigenvalue weighted by Crippen LogP contribution is 2.36. The van der Waals surface area contributed by atoms with E-state index in [-0.39, 0.29) is 11.0 Å². The maximum absolute atomic E-state index is 6.42. The second kappa shape index (κ2) is 5.24. The summed E-state index contributed by atoms with van der Waals surface area (Å²) in [5, 5.41) is 0.